The molecule has 0 spiro atoms. The molecule has 1 aliphatic rings. The van der Waals surface area contributed by atoms with Crippen molar-refractivity contribution in [3.8, 4) is 0 Å². The van der Waals surface area contributed by atoms with Crippen molar-refractivity contribution in [1.82, 2.24) is 10.0 Å². The van der Waals surface area contributed by atoms with Crippen molar-refractivity contribution in [1.29, 1.82) is 0 Å². The summed E-state index contributed by atoms with van der Waals surface area (Å²) in [4.78, 5) is 0. The van der Waals surface area contributed by atoms with E-state index in [1.807, 2.05) is 0 Å². The second-order valence-corrected chi connectivity index (χ2v) is 7.83. The largest absolute Gasteiger partial charge is 0.316 e. The second kappa shape index (κ2) is 7.07. The van der Waals surface area contributed by atoms with Gasteiger partial charge in [-0.1, -0.05) is 11.6 Å². The fourth-order valence-electron chi connectivity index (χ4n) is 1.84. The molecule has 18 heavy (non-hydrogen) atoms. The van der Waals surface area contributed by atoms with Crippen LogP contribution < -0.4 is 10.0 Å². The van der Waals surface area contributed by atoms with Crippen LogP contribution in [0.5, 0.6) is 0 Å². The molecule has 4 nitrogen and oxygen atoms in total. The zero-order chi connectivity index (χ0) is 12.3. The maximum Gasteiger partial charge on any atom is 0.250 e. The zero-order valence-corrected chi connectivity index (χ0v) is 12.9. The van der Waals surface area contributed by atoms with Gasteiger partial charge in [0.05, 0.1) is 4.34 Å². The Kier molecular flexibility index (Phi) is 6.37. The standard InChI is InChI=1S/C10H15ClN2O2S2.ClH/c11-9-3-4-10(16-9)17(14,15)13-7-8-2-1-5-12-6-8;/h3-4,8,12-13H,1-2,5-7H2;1H. The Morgan fingerprint density at radius 1 is 1.50 bits per heavy atom. The molecule has 8 heteroatoms. The van der Waals surface area contributed by atoms with Gasteiger partial charge in [0.1, 0.15) is 4.21 Å². The van der Waals surface area contributed by atoms with Crippen LogP contribution in [0, 0.1) is 5.92 Å². The van der Waals surface area contributed by atoms with Gasteiger partial charge in [-0.05, 0) is 44.0 Å². The lowest BCUT2D eigenvalue weighted by atomic mass is 10.0. The average Bonchev–Trinajstić information content (AvgIpc) is 2.76. The van der Waals surface area contributed by atoms with E-state index in [-0.39, 0.29) is 16.6 Å². The first-order valence-corrected chi connectivity index (χ1v) is 8.21. The molecule has 2 rings (SSSR count). The Morgan fingerprint density at radius 2 is 2.28 bits per heavy atom. The lowest BCUT2D eigenvalue weighted by molar-refractivity contribution is 0.376. The first-order valence-electron chi connectivity index (χ1n) is 5.53. The van der Waals surface area contributed by atoms with E-state index in [9.17, 15) is 8.42 Å². The van der Waals surface area contributed by atoms with E-state index in [1.54, 1.807) is 6.07 Å². The predicted molar refractivity (Wildman–Crippen MR) is 77.4 cm³/mol. The van der Waals surface area contributed by atoms with Crippen molar-refractivity contribution in [2.24, 2.45) is 5.92 Å². The molecule has 104 valence electrons. The number of nitrogens with one attached hydrogen (secondary N) is 2. The van der Waals surface area contributed by atoms with E-state index in [4.69, 9.17) is 11.6 Å². The molecule has 1 unspecified atom stereocenters. The molecule has 0 radical (unpaired) electrons. The van der Waals surface area contributed by atoms with Crippen molar-refractivity contribution < 1.29 is 8.42 Å². The molecule has 2 heterocycles. The summed E-state index contributed by atoms with van der Waals surface area (Å²) in [6.07, 6.45) is 2.18. The van der Waals surface area contributed by atoms with Crippen LogP contribution in [0.25, 0.3) is 0 Å². The number of thiophene rings is 1. The SMILES string of the molecule is Cl.O=S(=O)(NCC1CCCNC1)c1ccc(Cl)s1. The van der Waals surface area contributed by atoms with Crippen molar-refractivity contribution in [3.63, 3.8) is 0 Å². The zero-order valence-electron chi connectivity index (χ0n) is 9.69. The van der Waals surface area contributed by atoms with Gasteiger partial charge in [0.2, 0.25) is 10.0 Å². The molecule has 1 fully saturated rings. The minimum atomic E-state index is -3.38. The van der Waals surface area contributed by atoms with E-state index in [0.717, 1.165) is 37.3 Å². The molecule has 0 amide bonds. The van der Waals surface area contributed by atoms with E-state index in [1.165, 1.54) is 6.07 Å². The highest BCUT2D eigenvalue weighted by Gasteiger charge is 2.19. The van der Waals surface area contributed by atoms with Crippen molar-refractivity contribution >= 4 is 45.4 Å². The summed E-state index contributed by atoms with van der Waals surface area (Å²) in [6, 6.07) is 3.14. The smallest absolute Gasteiger partial charge is 0.250 e. The number of hydrogen-bond acceptors (Lipinski definition) is 4. The molecule has 0 aliphatic carbocycles. The van der Waals surface area contributed by atoms with Crippen molar-refractivity contribution in [2.75, 3.05) is 19.6 Å². The minimum absolute atomic E-state index is 0. The number of hydrogen-bond donors (Lipinski definition) is 2. The van der Waals surface area contributed by atoms with E-state index in [0.29, 0.717) is 16.8 Å². The number of halogens is 2. The third-order valence-electron chi connectivity index (χ3n) is 2.77. The summed E-state index contributed by atoms with van der Waals surface area (Å²) in [5.74, 6) is 0.383. The molecule has 0 saturated carbocycles. The van der Waals surface area contributed by atoms with E-state index in [2.05, 4.69) is 10.0 Å². The summed E-state index contributed by atoms with van der Waals surface area (Å²) < 4.78 is 27.2. The number of piperidine rings is 1. The van der Waals surface area contributed by atoms with Crippen LogP contribution in [-0.4, -0.2) is 28.1 Å². The van der Waals surface area contributed by atoms with E-state index >= 15 is 0 Å². The predicted octanol–water partition coefficient (Wildman–Crippen LogP) is 2.10. The highest BCUT2D eigenvalue weighted by molar-refractivity contribution is 7.91. The van der Waals surface area contributed by atoms with Crippen LogP contribution in [0.4, 0.5) is 0 Å². The van der Waals surface area contributed by atoms with Gasteiger partial charge in [0.15, 0.2) is 0 Å². The Morgan fingerprint density at radius 3 is 2.83 bits per heavy atom. The Balaban J connectivity index is 0.00000162. The molecule has 1 aliphatic heterocycles. The molecule has 1 aromatic rings. The quantitative estimate of drug-likeness (QED) is 0.888. The minimum Gasteiger partial charge on any atom is -0.316 e. The van der Waals surface area contributed by atoms with Crippen LogP contribution >= 0.6 is 35.3 Å². The van der Waals surface area contributed by atoms with Crippen molar-refractivity contribution in [2.45, 2.75) is 17.1 Å². The third-order valence-corrected chi connectivity index (χ3v) is 5.92. The summed E-state index contributed by atoms with van der Waals surface area (Å²) in [5, 5.41) is 3.26. The van der Waals surface area contributed by atoms with Crippen LogP contribution in [0.3, 0.4) is 0 Å². The number of sulfonamides is 1. The fourth-order valence-corrected chi connectivity index (χ4v) is 4.48. The van der Waals surface area contributed by atoms with Gasteiger partial charge in [-0.25, -0.2) is 13.1 Å². The van der Waals surface area contributed by atoms with Crippen LogP contribution in [0.1, 0.15) is 12.8 Å². The van der Waals surface area contributed by atoms with Gasteiger partial charge < -0.3 is 5.32 Å². The molecule has 0 aromatic carbocycles. The first-order chi connectivity index (χ1) is 8.08. The van der Waals surface area contributed by atoms with Gasteiger partial charge >= 0.3 is 0 Å². The van der Waals surface area contributed by atoms with Crippen LogP contribution in [0.2, 0.25) is 4.34 Å². The molecule has 1 aromatic heterocycles. The molecular weight excluding hydrogens is 315 g/mol. The Bertz CT molecular complexity index is 470. The lowest BCUT2D eigenvalue weighted by Crippen LogP contribution is -2.37. The molecule has 1 saturated heterocycles. The highest BCUT2D eigenvalue weighted by Crippen LogP contribution is 2.25. The summed E-state index contributed by atoms with van der Waals surface area (Å²) in [7, 11) is -3.38. The fraction of sp³-hybridized carbons (Fsp3) is 0.600. The summed E-state index contributed by atoms with van der Waals surface area (Å²) in [6.45, 7) is 2.41. The Labute approximate surface area is 123 Å². The third kappa shape index (κ3) is 4.36. The van der Waals surface area contributed by atoms with Gasteiger partial charge in [0.25, 0.3) is 0 Å². The molecule has 1 atom stereocenters. The van der Waals surface area contributed by atoms with Gasteiger partial charge in [-0.2, -0.15) is 0 Å². The second-order valence-electron chi connectivity index (χ2n) is 4.12. The molecule has 2 N–H and O–H groups in total. The summed E-state index contributed by atoms with van der Waals surface area (Å²) >= 11 is 6.81. The van der Waals surface area contributed by atoms with E-state index < -0.39 is 10.0 Å². The first kappa shape index (κ1) is 16.2. The molecule has 0 bridgehead atoms. The number of rotatable bonds is 4. The van der Waals surface area contributed by atoms with Crippen molar-refractivity contribution in [3.05, 3.63) is 16.5 Å². The van der Waals surface area contributed by atoms with Crippen LogP contribution in [0.15, 0.2) is 16.3 Å². The molecular formula is C10H16Cl2N2O2S2. The average molecular weight is 331 g/mol. The highest BCUT2D eigenvalue weighted by atomic mass is 35.5. The maximum absolute atomic E-state index is 11.9. The maximum atomic E-state index is 11.9. The topological polar surface area (TPSA) is 58.2 Å². The monoisotopic (exact) mass is 330 g/mol. The van der Waals surface area contributed by atoms with Gasteiger partial charge in [-0.15, -0.1) is 23.7 Å². The normalized spacial score (nSPS) is 20.4. The Hall–Kier alpha value is 0.150. The van der Waals surface area contributed by atoms with Crippen LogP contribution in [-0.2, 0) is 10.0 Å². The lowest BCUT2D eigenvalue weighted by Gasteiger charge is -2.22. The summed E-state index contributed by atoms with van der Waals surface area (Å²) in [5.41, 5.74) is 0. The van der Waals surface area contributed by atoms with Gasteiger partial charge in [0, 0.05) is 6.54 Å². The van der Waals surface area contributed by atoms with Gasteiger partial charge in [-0.3, -0.25) is 0 Å².